The summed E-state index contributed by atoms with van der Waals surface area (Å²) < 4.78 is 18.0. The van der Waals surface area contributed by atoms with Gasteiger partial charge in [0.1, 0.15) is 17.1 Å². The van der Waals surface area contributed by atoms with E-state index in [0.29, 0.717) is 0 Å². The fourth-order valence-electron chi connectivity index (χ4n) is 1.43. The van der Waals surface area contributed by atoms with Gasteiger partial charge >= 0.3 is 5.97 Å². The number of carbonyl (C=O) groups is 1. The lowest BCUT2D eigenvalue weighted by Crippen LogP contribution is -2.01. The minimum absolute atomic E-state index is 0.0340. The Labute approximate surface area is 103 Å². The number of nitrogens with zero attached hydrogens (tertiary/aromatic N) is 1. The maximum atomic E-state index is 12.7. The van der Waals surface area contributed by atoms with Crippen LogP contribution in [0.4, 0.5) is 4.39 Å². The molecule has 0 bridgehead atoms. The molecule has 0 aliphatic carbocycles. The van der Waals surface area contributed by atoms with Crippen molar-refractivity contribution in [1.82, 2.24) is 4.98 Å². The van der Waals surface area contributed by atoms with E-state index in [2.05, 4.69) is 4.98 Å². The summed E-state index contributed by atoms with van der Waals surface area (Å²) in [6.07, 6.45) is 1.01. The van der Waals surface area contributed by atoms with E-state index in [-0.39, 0.29) is 17.2 Å². The molecule has 2 aromatic rings. The van der Waals surface area contributed by atoms with Crippen LogP contribution in [0.2, 0.25) is 0 Å². The highest BCUT2D eigenvalue weighted by Crippen LogP contribution is 2.25. The number of pyridine rings is 1. The van der Waals surface area contributed by atoms with E-state index in [4.69, 9.17) is 9.84 Å². The predicted molar refractivity (Wildman–Crippen MR) is 62.4 cm³/mol. The summed E-state index contributed by atoms with van der Waals surface area (Å²) in [7, 11) is 0. The normalized spacial score (nSPS) is 10.1. The molecule has 5 heteroatoms. The van der Waals surface area contributed by atoms with Gasteiger partial charge in [-0.25, -0.2) is 14.2 Å². The number of aromatic carboxylic acids is 1. The monoisotopic (exact) mass is 247 g/mol. The summed E-state index contributed by atoms with van der Waals surface area (Å²) in [6, 6.07) is 7.25. The van der Waals surface area contributed by atoms with Crippen LogP contribution in [0.25, 0.3) is 0 Å². The average molecular weight is 247 g/mol. The van der Waals surface area contributed by atoms with Crippen LogP contribution in [0.1, 0.15) is 15.9 Å². The lowest BCUT2D eigenvalue weighted by molar-refractivity contribution is 0.0694. The van der Waals surface area contributed by atoms with Crippen LogP contribution in [0.15, 0.2) is 36.5 Å². The molecule has 4 nitrogen and oxygen atoms in total. The molecule has 0 spiro atoms. The predicted octanol–water partition coefficient (Wildman–Crippen LogP) is 3.02. The number of ether oxygens (including phenoxy) is 1. The highest BCUT2D eigenvalue weighted by molar-refractivity contribution is 5.91. The molecule has 1 N–H and O–H groups in total. The second-order valence-electron chi connectivity index (χ2n) is 3.72. The number of benzene rings is 1. The number of halogens is 1. The average Bonchev–Trinajstić information content (AvgIpc) is 2.32. The molecule has 18 heavy (non-hydrogen) atoms. The molecule has 0 unspecified atom stereocenters. The molecule has 0 aliphatic rings. The van der Waals surface area contributed by atoms with Gasteiger partial charge in [0.25, 0.3) is 0 Å². The number of hydrogen-bond acceptors (Lipinski definition) is 3. The van der Waals surface area contributed by atoms with Crippen molar-refractivity contribution in [1.29, 1.82) is 0 Å². The molecule has 0 fully saturated rings. The van der Waals surface area contributed by atoms with Gasteiger partial charge in [0.15, 0.2) is 0 Å². The zero-order valence-corrected chi connectivity index (χ0v) is 9.55. The van der Waals surface area contributed by atoms with Crippen LogP contribution < -0.4 is 4.74 Å². The second-order valence-corrected chi connectivity index (χ2v) is 3.72. The maximum Gasteiger partial charge on any atom is 0.339 e. The zero-order valence-electron chi connectivity index (χ0n) is 9.55. The largest absolute Gasteiger partial charge is 0.478 e. The first-order valence-corrected chi connectivity index (χ1v) is 5.19. The smallest absolute Gasteiger partial charge is 0.339 e. The van der Waals surface area contributed by atoms with Gasteiger partial charge in [-0.2, -0.15) is 0 Å². The van der Waals surface area contributed by atoms with Crippen LogP contribution >= 0.6 is 0 Å². The molecule has 0 saturated carbocycles. The summed E-state index contributed by atoms with van der Waals surface area (Å²) in [5.41, 5.74) is 0.892. The van der Waals surface area contributed by atoms with Crippen LogP contribution in [0.3, 0.4) is 0 Å². The molecule has 1 aromatic carbocycles. The Morgan fingerprint density at radius 3 is 2.72 bits per heavy atom. The van der Waals surface area contributed by atoms with Gasteiger partial charge in [-0.15, -0.1) is 0 Å². The lowest BCUT2D eigenvalue weighted by Gasteiger charge is -2.08. The van der Waals surface area contributed by atoms with Crippen molar-refractivity contribution >= 4 is 5.97 Å². The van der Waals surface area contributed by atoms with E-state index in [1.165, 1.54) is 18.2 Å². The third-order valence-corrected chi connectivity index (χ3v) is 2.28. The summed E-state index contributed by atoms with van der Waals surface area (Å²) in [5.74, 6) is -1.25. The van der Waals surface area contributed by atoms with Gasteiger partial charge in [-0.3, -0.25) is 0 Å². The Hall–Kier alpha value is -2.43. The number of aromatic nitrogens is 1. The van der Waals surface area contributed by atoms with Crippen molar-refractivity contribution in [3.05, 3.63) is 53.5 Å². The molecule has 0 amide bonds. The summed E-state index contributed by atoms with van der Waals surface area (Å²) in [5, 5.41) is 9.02. The Bertz CT molecular complexity index is 581. The Kier molecular flexibility index (Phi) is 3.23. The van der Waals surface area contributed by atoms with E-state index >= 15 is 0 Å². The topological polar surface area (TPSA) is 59.4 Å². The van der Waals surface area contributed by atoms with Crippen LogP contribution in [-0.4, -0.2) is 16.1 Å². The number of aryl methyl sites for hydroxylation is 1. The highest BCUT2D eigenvalue weighted by Gasteiger charge is 2.12. The molecule has 0 atom stereocenters. The van der Waals surface area contributed by atoms with Gasteiger partial charge in [-0.1, -0.05) is 6.07 Å². The highest BCUT2D eigenvalue weighted by atomic mass is 19.1. The third kappa shape index (κ3) is 2.63. The van der Waals surface area contributed by atoms with E-state index in [0.717, 1.165) is 11.8 Å². The van der Waals surface area contributed by atoms with Gasteiger partial charge in [0.2, 0.25) is 5.88 Å². The molecule has 0 saturated heterocycles. The van der Waals surface area contributed by atoms with Crippen molar-refractivity contribution < 1.29 is 19.0 Å². The number of carboxylic acids is 1. The molecule has 2 rings (SSSR count). The van der Waals surface area contributed by atoms with Crippen molar-refractivity contribution in [2.24, 2.45) is 0 Å². The minimum Gasteiger partial charge on any atom is -0.478 e. The zero-order chi connectivity index (χ0) is 13.1. The van der Waals surface area contributed by atoms with Gasteiger partial charge in [0.05, 0.1) is 6.20 Å². The van der Waals surface area contributed by atoms with E-state index in [9.17, 15) is 9.18 Å². The molecule has 1 heterocycles. The van der Waals surface area contributed by atoms with E-state index in [1.54, 1.807) is 12.1 Å². The second kappa shape index (κ2) is 4.83. The molecule has 0 aliphatic heterocycles. The quantitative estimate of drug-likeness (QED) is 0.905. The Balaban J connectivity index is 2.35. The van der Waals surface area contributed by atoms with Gasteiger partial charge in [-0.05, 0) is 30.7 Å². The minimum atomic E-state index is -1.09. The Morgan fingerprint density at radius 2 is 2.11 bits per heavy atom. The third-order valence-electron chi connectivity index (χ3n) is 2.28. The van der Waals surface area contributed by atoms with Gasteiger partial charge in [0, 0.05) is 6.07 Å². The first-order chi connectivity index (χ1) is 8.56. The van der Waals surface area contributed by atoms with Crippen molar-refractivity contribution in [3.8, 4) is 11.6 Å². The van der Waals surface area contributed by atoms with E-state index in [1.807, 2.05) is 6.92 Å². The summed E-state index contributed by atoms with van der Waals surface area (Å²) >= 11 is 0. The first-order valence-electron chi connectivity index (χ1n) is 5.19. The van der Waals surface area contributed by atoms with Crippen molar-refractivity contribution in [2.45, 2.75) is 6.92 Å². The van der Waals surface area contributed by atoms with Gasteiger partial charge < -0.3 is 9.84 Å². The fraction of sp³-hybridized carbons (Fsp3) is 0.0769. The first kappa shape index (κ1) is 12.0. The molecule has 0 radical (unpaired) electrons. The van der Waals surface area contributed by atoms with E-state index < -0.39 is 11.8 Å². The summed E-state index contributed by atoms with van der Waals surface area (Å²) in [4.78, 5) is 14.7. The number of carboxylic acid groups (broad SMARTS) is 1. The van der Waals surface area contributed by atoms with Crippen LogP contribution in [-0.2, 0) is 0 Å². The molecule has 1 aromatic heterocycles. The number of rotatable bonds is 3. The standard InChI is InChI=1S/C13H10FNO3/c1-8-2-4-10(13(16)17)11(6-8)18-12-5-3-9(14)7-15-12/h2-7H,1H3,(H,16,17). The lowest BCUT2D eigenvalue weighted by atomic mass is 10.1. The fourth-order valence-corrected chi connectivity index (χ4v) is 1.43. The van der Waals surface area contributed by atoms with Crippen molar-refractivity contribution in [2.75, 3.05) is 0 Å². The van der Waals surface area contributed by atoms with Crippen LogP contribution in [0, 0.1) is 12.7 Å². The number of hydrogen-bond donors (Lipinski definition) is 1. The molecular weight excluding hydrogens is 237 g/mol. The molecule has 92 valence electrons. The van der Waals surface area contributed by atoms with Crippen molar-refractivity contribution in [3.63, 3.8) is 0 Å². The maximum absolute atomic E-state index is 12.7. The van der Waals surface area contributed by atoms with Crippen LogP contribution in [0.5, 0.6) is 11.6 Å². The Morgan fingerprint density at radius 1 is 1.33 bits per heavy atom. The SMILES string of the molecule is Cc1ccc(C(=O)O)c(Oc2ccc(F)cn2)c1. The summed E-state index contributed by atoms with van der Waals surface area (Å²) in [6.45, 7) is 1.82. The molecular formula is C13H10FNO3.